The predicted octanol–water partition coefficient (Wildman–Crippen LogP) is 40.9. The van der Waals surface area contributed by atoms with Gasteiger partial charge in [-0.25, -0.2) is 0 Å². The molecule has 0 N–H and O–H groups in total. The van der Waals surface area contributed by atoms with Crippen molar-refractivity contribution in [2.24, 2.45) is 0 Å². The Bertz CT molecular complexity index is 9350. The van der Waals surface area contributed by atoms with E-state index >= 15 is 0 Å². The zero-order valence-electron chi connectivity index (χ0n) is 77.8. The molecule has 0 radical (unpaired) electrons. The Hall–Kier alpha value is -17.1. The van der Waals surface area contributed by atoms with E-state index in [0.717, 1.165) is 89.8 Å². The van der Waals surface area contributed by atoms with E-state index in [1.807, 2.05) is 45.3 Å². The van der Waals surface area contributed by atoms with E-state index in [-0.39, 0.29) is 0 Å². The van der Waals surface area contributed by atoms with Crippen LogP contribution in [0.25, 0.3) is 190 Å². The second kappa shape index (κ2) is 35.1. The molecule has 4 heterocycles. The van der Waals surface area contributed by atoms with E-state index in [1.165, 1.54) is 179 Å². The van der Waals surface area contributed by atoms with Crippen LogP contribution >= 0.6 is 45.3 Å². The smallest absolute Gasteiger partial charge is 0.0620 e. The van der Waals surface area contributed by atoms with Crippen molar-refractivity contribution in [2.75, 3.05) is 19.6 Å². The summed E-state index contributed by atoms with van der Waals surface area (Å²) in [6, 6.07) is 184. The van der Waals surface area contributed by atoms with Gasteiger partial charge in [-0.1, -0.05) is 352 Å². The molecular formula is C134H88N4S4. The van der Waals surface area contributed by atoms with Gasteiger partial charge in [0.1, 0.15) is 0 Å². The summed E-state index contributed by atoms with van der Waals surface area (Å²) in [5.74, 6) is 0. The Morgan fingerprint density at radius 2 is 0.338 bits per heavy atom. The highest BCUT2D eigenvalue weighted by molar-refractivity contribution is 7.27. The lowest BCUT2D eigenvalue weighted by Gasteiger charge is -2.33. The molecule has 28 aromatic rings. The minimum absolute atomic E-state index is 1.09. The number of anilines is 12. The third-order valence-corrected chi connectivity index (χ3v) is 33.3. The third-order valence-electron chi connectivity index (χ3n) is 28.4. The maximum atomic E-state index is 2.52. The first-order chi connectivity index (χ1) is 70.2. The normalized spacial score (nSPS) is 11.7. The summed E-state index contributed by atoms with van der Waals surface area (Å²) in [7, 11) is 0. The lowest BCUT2D eigenvalue weighted by Crippen LogP contribution is -2.15. The van der Waals surface area contributed by atoms with E-state index in [0.29, 0.717) is 0 Å². The van der Waals surface area contributed by atoms with Crippen LogP contribution in [0.5, 0.6) is 0 Å². The summed E-state index contributed by atoms with van der Waals surface area (Å²) in [4.78, 5) is 10.0. The van der Waals surface area contributed by atoms with Crippen LogP contribution in [0.15, 0.2) is 497 Å². The van der Waals surface area contributed by atoms with Gasteiger partial charge in [-0.05, 0) is 237 Å². The Kier molecular flexibility index (Phi) is 20.8. The van der Waals surface area contributed by atoms with Gasteiger partial charge >= 0.3 is 0 Å². The molecule has 0 saturated carbocycles. The van der Waals surface area contributed by atoms with Crippen molar-refractivity contribution in [2.45, 2.75) is 13.8 Å². The molecule has 0 aliphatic rings. The molecule has 0 saturated heterocycles. The van der Waals surface area contributed by atoms with Crippen LogP contribution in [-0.4, -0.2) is 0 Å². The van der Waals surface area contributed by atoms with E-state index < -0.39 is 0 Å². The maximum Gasteiger partial charge on any atom is 0.0620 e. The first-order valence-corrected chi connectivity index (χ1v) is 51.7. The van der Waals surface area contributed by atoms with Crippen molar-refractivity contribution < 1.29 is 0 Å². The average molecular weight is 1880 g/mol. The van der Waals surface area contributed by atoms with Crippen molar-refractivity contribution in [3.63, 3.8) is 0 Å². The van der Waals surface area contributed by atoms with Gasteiger partial charge in [0.25, 0.3) is 0 Å². The van der Waals surface area contributed by atoms with Crippen molar-refractivity contribution >= 4 is 259 Å². The zero-order chi connectivity index (χ0) is 94.0. The molecule has 24 aromatic carbocycles. The molecule has 0 aliphatic heterocycles. The van der Waals surface area contributed by atoms with Gasteiger partial charge in [-0.15, -0.1) is 45.3 Å². The second-order valence-electron chi connectivity index (χ2n) is 37.0. The molecule has 668 valence electrons. The summed E-state index contributed by atoms with van der Waals surface area (Å²) in [5, 5.41) is 24.5. The summed E-state index contributed by atoms with van der Waals surface area (Å²) < 4.78 is 10.5. The Balaban J connectivity index is 0.000000142. The molecule has 0 atom stereocenters. The minimum atomic E-state index is 1.09. The largest absolute Gasteiger partial charge is 0.309 e. The highest BCUT2D eigenvalue weighted by atomic mass is 32.1. The van der Waals surface area contributed by atoms with Crippen LogP contribution in [0.4, 0.5) is 68.2 Å². The molecule has 28 rings (SSSR count). The van der Waals surface area contributed by atoms with E-state index in [2.05, 4.69) is 531 Å². The van der Waals surface area contributed by atoms with Crippen molar-refractivity contribution in [1.29, 1.82) is 0 Å². The third kappa shape index (κ3) is 14.5. The molecule has 0 fully saturated rings. The van der Waals surface area contributed by atoms with Crippen molar-refractivity contribution in [3.8, 4) is 44.5 Å². The highest BCUT2D eigenvalue weighted by Crippen LogP contribution is 2.58. The molecule has 0 unspecified atom stereocenters. The second-order valence-corrected chi connectivity index (χ2v) is 41.2. The molecule has 0 spiro atoms. The van der Waals surface area contributed by atoms with E-state index in [1.54, 1.807) is 0 Å². The molecule has 4 aromatic heterocycles. The van der Waals surface area contributed by atoms with Gasteiger partial charge in [0.2, 0.25) is 0 Å². The fourth-order valence-electron chi connectivity index (χ4n) is 22.1. The SMILES string of the molecule is Cc1cccc(N(c2cccc(-c3cccc4c3sc3ccccc34)c2)c2c3ccccc3c(N(c3cccc(C)c3)c3cccc(-c4cccc5c4sc4ccccc45)c3)c3cc4ccccc4cc23)c1.c1ccc(N(c2cccc(-c3cccc4c3sc3ccccc34)c2)c2c3ccccc3c(N(c3ccccc3)c3cccc(-c4cccc5c4sc4ccccc45)c3)c3cc4ccccc4cc23)cc1. The molecule has 0 aliphatic carbocycles. The Morgan fingerprint density at radius 1 is 0.141 bits per heavy atom. The molecule has 8 heteroatoms. The van der Waals surface area contributed by atoms with Gasteiger partial charge < -0.3 is 19.6 Å². The fourth-order valence-corrected chi connectivity index (χ4v) is 27.0. The summed E-state index contributed by atoms with van der Waals surface area (Å²) in [5.41, 5.74) is 25.5. The number of benzene rings is 24. The van der Waals surface area contributed by atoms with Gasteiger partial charge in [0.15, 0.2) is 0 Å². The number of para-hydroxylation sites is 2. The Labute approximate surface area is 838 Å². The van der Waals surface area contributed by atoms with E-state index in [4.69, 9.17) is 0 Å². The molecular weight excluding hydrogens is 1790 g/mol. The lowest BCUT2D eigenvalue weighted by atomic mass is 9.92. The number of fused-ring (bicyclic) bond motifs is 18. The van der Waals surface area contributed by atoms with Gasteiger partial charge in [0, 0.05) is 169 Å². The van der Waals surface area contributed by atoms with Crippen LogP contribution in [0.3, 0.4) is 0 Å². The van der Waals surface area contributed by atoms with Crippen LogP contribution in [0, 0.1) is 13.8 Å². The average Bonchev–Trinajstić information content (AvgIpc) is 1.03. The lowest BCUT2D eigenvalue weighted by molar-refractivity contribution is 1.28. The van der Waals surface area contributed by atoms with Crippen molar-refractivity contribution in [1.82, 2.24) is 0 Å². The topological polar surface area (TPSA) is 13.0 Å². The predicted molar refractivity (Wildman–Crippen MR) is 619 cm³/mol. The molecule has 4 nitrogen and oxygen atoms in total. The minimum Gasteiger partial charge on any atom is -0.309 e. The first kappa shape index (κ1) is 84.2. The van der Waals surface area contributed by atoms with Crippen LogP contribution in [0.1, 0.15) is 11.1 Å². The van der Waals surface area contributed by atoms with Crippen LogP contribution in [0.2, 0.25) is 0 Å². The summed E-state index contributed by atoms with van der Waals surface area (Å²) >= 11 is 7.52. The van der Waals surface area contributed by atoms with Gasteiger partial charge in [0.05, 0.1) is 22.7 Å². The molecule has 142 heavy (non-hydrogen) atoms. The highest BCUT2D eigenvalue weighted by Gasteiger charge is 2.31. The first-order valence-electron chi connectivity index (χ1n) is 48.5. The standard InChI is InChI=1S/C68H46N2S2.C66H42N2S2/c1-43-17-11-23-49(37-43)69(51-25-13-21-47(39-51)53-31-15-33-59-55-27-7-9-35-63(55)71-67(53)59)65-57-29-5-6-30-58(57)66(62-42-46-20-4-3-19-45(46)41-61(62)65)70(50-24-12-18-44(2)38-50)52-26-14-22-48(40-52)54-32-16-34-60-56-28-8-10-36-64(56)72-68(54)60;1-3-23-47(24-4-1)67(49-27-15-21-45(39-49)51-33-17-35-57-53-29-11-13-37-61(53)69-65(51)57)63-55-31-9-10-32-56(55)64(60-42-44-20-8-7-19-43(44)41-59(60)63)68(48-25-5-2-6-26-48)50-28-16-22-46(40-50)52-34-18-36-58-54-30-12-14-38-62(54)70-66(52)58/h3-42H,1-2H3;1-42H. The van der Waals surface area contributed by atoms with Gasteiger partial charge in [-0.3, -0.25) is 0 Å². The van der Waals surface area contributed by atoms with Crippen molar-refractivity contribution in [3.05, 3.63) is 509 Å². The molecule has 0 amide bonds. The fraction of sp³-hybridized carbons (Fsp3) is 0.0149. The quantitative estimate of drug-likeness (QED) is 0.0706. The summed E-state index contributed by atoms with van der Waals surface area (Å²) in [6.45, 7) is 4.39. The summed E-state index contributed by atoms with van der Waals surface area (Å²) in [6.07, 6.45) is 0. The number of aryl methyl sites for hydroxylation is 2. The van der Waals surface area contributed by atoms with Crippen LogP contribution < -0.4 is 19.6 Å². The number of nitrogens with zero attached hydrogens (tertiary/aromatic N) is 4. The van der Waals surface area contributed by atoms with Crippen LogP contribution in [-0.2, 0) is 0 Å². The number of hydrogen-bond donors (Lipinski definition) is 0. The van der Waals surface area contributed by atoms with Gasteiger partial charge in [-0.2, -0.15) is 0 Å². The zero-order valence-corrected chi connectivity index (χ0v) is 81.0. The number of rotatable bonds is 16. The number of hydrogen-bond acceptors (Lipinski definition) is 8. The molecule has 0 bridgehead atoms. The Morgan fingerprint density at radius 3 is 0.599 bits per heavy atom. The maximum absolute atomic E-state index is 2.52. The van der Waals surface area contributed by atoms with E-state index in [9.17, 15) is 0 Å². The monoisotopic (exact) mass is 1880 g/mol. The number of thiophene rings is 4.